The maximum atomic E-state index is 6.11. The van der Waals surface area contributed by atoms with Gasteiger partial charge < -0.3 is 28.4 Å². The van der Waals surface area contributed by atoms with E-state index in [4.69, 9.17) is 28.4 Å². The third-order valence-electron chi connectivity index (χ3n) is 10.9. The van der Waals surface area contributed by atoms with Crippen molar-refractivity contribution in [1.29, 1.82) is 0 Å². The van der Waals surface area contributed by atoms with Crippen molar-refractivity contribution in [3.05, 3.63) is 35.4 Å². The van der Waals surface area contributed by atoms with E-state index in [1.165, 1.54) is 88.2 Å². The molecule has 0 bridgehead atoms. The van der Waals surface area contributed by atoms with Gasteiger partial charge in [0.1, 0.15) is 0 Å². The summed E-state index contributed by atoms with van der Waals surface area (Å²) in [6.07, 6.45) is 16.3. The highest BCUT2D eigenvalue weighted by molar-refractivity contribution is 5.25. The molecule has 2 heterocycles. The molecule has 2 saturated heterocycles. The van der Waals surface area contributed by atoms with Crippen LogP contribution in [0.5, 0.6) is 0 Å². The van der Waals surface area contributed by atoms with Crippen molar-refractivity contribution in [3.63, 3.8) is 0 Å². The number of hydrogen-bond acceptors (Lipinski definition) is 6. The van der Waals surface area contributed by atoms with Gasteiger partial charge in [0.15, 0.2) is 6.29 Å². The lowest BCUT2D eigenvalue weighted by Gasteiger charge is -2.37. The van der Waals surface area contributed by atoms with Crippen LogP contribution in [-0.2, 0) is 35.0 Å². The molecular formula is C40H68O6. The quantitative estimate of drug-likeness (QED) is 0.281. The van der Waals surface area contributed by atoms with Gasteiger partial charge in [-0.3, -0.25) is 0 Å². The summed E-state index contributed by atoms with van der Waals surface area (Å²) in [6, 6.07) is 8.89. The molecule has 6 heteroatoms. The Bertz CT molecular complexity index is 898. The average Bonchev–Trinajstić information content (AvgIpc) is 3.10. The molecule has 6 nitrogen and oxygen atoms in total. The van der Waals surface area contributed by atoms with Gasteiger partial charge in [0.05, 0.1) is 45.7 Å². The van der Waals surface area contributed by atoms with E-state index < -0.39 is 6.48 Å². The van der Waals surface area contributed by atoms with Crippen molar-refractivity contribution in [2.45, 2.75) is 150 Å². The lowest BCUT2D eigenvalue weighted by atomic mass is 9.79. The predicted octanol–water partition coefficient (Wildman–Crippen LogP) is 9.89. The molecule has 0 atom stereocenters. The van der Waals surface area contributed by atoms with E-state index in [9.17, 15) is 0 Å². The second-order valence-corrected chi connectivity index (χ2v) is 15.2. The summed E-state index contributed by atoms with van der Waals surface area (Å²) < 4.78 is 34.8. The van der Waals surface area contributed by atoms with E-state index in [0.29, 0.717) is 43.7 Å². The normalized spacial score (nSPS) is 36.8. The zero-order chi connectivity index (χ0) is 32.7. The van der Waals surface area contributed by atoms with E-state index in [2.05, 4.69) is 52.0 Å². The first-order chi connectivity index (χ1) is 22.4. The summed E-state index contributed by atoms with van der Waals surface area (Å²) in [5.74, 6) is 4.94. The Balaban J connectivity index is 0.000000198. The third kappa shape index (κ3) is 12.8. The smallest absolute Gasteiger partial charge is 0.271 e. The van der Waals surface area contributed by atoms with Crippen LogP contribution in [0.1, 0.15) is 136 Å². The number of rotatable bonds is 8. The largest absolute Gasteiger partial charge is 0.378 e. The Kier molecular flexibility index (Phi) is 16.8. The van der Waals surface area contributed by atoms with Gasteiger partial charge in [0.25, 0.3) is 6.48 Å². The zero-order valence-corrected chi connectivity index (χ0v) is 30.3. The fraction of sp³-hybridized carbons (Fsp3) is 0.850. The molecule has 5 fully saturated rings. The molecule has 46 heavy (non-hydrogen) atoms. The molecule has 0 aromatic heterocycles. The molecular weight excluding hydrogens is 576 g/mol. The molecule has 0 spiro atoms. The van der Waals surface area contributed by atoms with Crippen LogP contribution in [0.3, 0.4) is 0 Å². The first-order valence-electron chi connectivity index (χ1n) is 19.2. The minimum absolute atomic E-state index is 0.0549. The van der Waals surface area contributed by atoms with Crippen LogP contribution in [-0.4, -0.2) is 51.9 Å². The zero-order valence-electron chi connectivity index (χ0n) is 30.3. The molecule has 6 rings (SSSR count). The Hall–Kier alpha value is -1.02. The molecule has 0 N–H and O–H groups in total. The third-order valence-corrected chi connectivity index (χ3v) is 10.9. The molecule has 1 aromatic rings. The first-order valence-corrected chi connectivity index (χ1v) is 19.2. The monoisotopic (exact) mass is 645 g/mol. The van der Waals surface area contributed by atoms with Crippen LogP contribution < -0.4 is 0 Å². The SMILES string of the molecule is CC.CC1CCC(OCC2COC(C3CCC(C)CC3)OC2)CC1.CC1CCC(c2ccc(COC3OCC(C)CO3)cc2)CC1. The summed E-state index contributed by atoms with van der Waals surface area (Å²) in [7, 11) is 0. The maximum absolute atomic E-state index is 6.11. The number of hydrogen-bond donors (Lipinski definition) is 0. The Labute approximate surface area is 282 Å². The molecule has 5 aliphatic rings. The number of ether oxygens (including phenoxy) is 6. The highest BCUT2D eigenvalue weighted by Gasteiger charge is 2.32. The molecule has 0 amide bonds. The van der Waals surface area contributed by atoms with Gasteiger partial charge >= 0.3 is 0 Å². The first kappa shape index (κ1) is 37.8. The van der Waals surface area contributed by atoms with Crippen LogP contribution in [0.15, 0.2) is 24.3 Å². The highest BCUT2D eigenvalue weighted by Crippen LogP contribution is 2.36. The van der Waals surface area contributed by atoms with Crippen molar-refractivity contribution in [2.24, 2.45) is 35.5 Å². The van der Waals surface area contributed by atoms with Gasteiger partial charge in [-0.25, -0.2) is 0 Å². The van der Waals surface area contributed by atoms with Crippen molar-refractivity contribution in [3.8, 4) is 0 Å². The van der Waals surface area contributed by atoms with E-state index in [1.54, 1.807) is 0 Å². The maximum Gasteiger partial charge on any atom is 0.271 e. The summed E-state index contributed by atoms with van der Waals surface area (Å²) in [5, 5.41) is 0. The van der Waals surface area contributed by atoms with Gasteiger partial charge in [-0.15, -0.1) is 0 Å². The van der Waals surface area contributed by atoms with Crippen LogP contribution in [0.4, 0.5) is 0 Å². The summed E-state index contributed by atoms with van der Waals surface area (Å²) in [6.45, 7) is 17.1. The molecule has 0 radical (unpaired) electrons. The van der Waals surface area contributed by atoms with Crippen molar-refractivity contribution in [2.75, 3.05) is 33.0 Å². The molecule has 264 valence electrons. The van der Waals surface area contributed by atoms with Crippen molar-refractivity contribution >= 4 is 0 Å². The predicted molar refractivity (Wildman–Crippen MR) is 185 cm³/mol. The Morgan fingerprint density at radius 2 is 1.09 bits per heavy atom. The van der Waals surface area contributed by atoms with Gasteiger partial charge in [-0.1, -0.05) is 91.5 Å². The van der Waals surface area contributed by atoms with E-state index >= 15 is 0 Å². The van der Waals surface area contributed by atoms with E-state index in [1.807, 2.05) is 13.8 Å². The Morgan fingerprint density at radius 1 is 0.565 bits per heavy atom. The Morgan fingerprint density at radius 3 is 1.65 bits per heavy atom. The molecule has 0 unspecified atom stereocenters. The molecule has 1 aromatic carbocycles. The lowest BCUT2D eigenvalue weighted by Crippen LogP contribution is -2.40. The summed E-state index contributed by atoms with van der Waals surface area (Å²) in [5.41, 5.74) is 2.66. The van der Waals surface area contributed by atoms with Crippen LogP contribution in [0.25, 0.3) is 0 Å². The lowest BCUT2D eigenvalue weighted by molar-refractivity contribution is -0.324. The van der Waals surface area contributed by atoms with Gasteiger partial charge in [-0.05, 0) is 86.2 Å². The van der Waals surface area contributed by atoms with E-state index in [-0.39, 0.29) is 6.29 Å². The molecule has 2 aliphatic heterocycles. The van der Waals surface area contributed by atoms with Crippen LogP contribution in [0.2, 0.25) is 0 Å². The second kappa shape index (κ2) is 20.5. The summed E-state index contributed by atoms with van der Waals surface area (Å²) in [4.78, 5) is 0. The van der Waals surface area contributed by atoms with Gasteiger partial charge in [0, 0.05) is 17.8 Å². The van der Waals surface area contributed by atoms with Gasteiger partial charge in [-0.2, -0.15) is 0 Å². The fourth-order valence-corrected chi connectivity index (χ4v) is 7.47. The minimum atomic E-state index is -0.504. The highest BCUT2D eigenvalue weighted by atomic mass is 16.8. The average molecular weight is 645 g/mol. The molecule has 3 saturated carbocycles. The fourth-order valence-electron chi connectivity index (χ4n) is 7.47. The minimum Gasteiger partial charge on any atom is -0.378 e. The van der Waals surface area contributed by atoms with Crippen LogP contribution in [0, 0.1) is 35.5 Å². The topological polar surface area (TPSA) is 55.4 Å². The standard InChI is InChI=1S/C19H28O3.C19H34O3.C2H6/c1-14-3-7-17(8-4-14)18-9-5-16(6-10-18)13-22-19-20-11-15(2)12-21-19;1-14-3-7-17(8-4-14)19-21-12-16(13-22-19)11-20-18-9-5-15(2)6-10-18;1-2/h5-6,9-10,14-15,17,19H,3-4,7-8,11-13H2,1-2H3;14-19H,3-13H2,1-2H3;1-2H3. The summed E-state index contributed by atoms with van der Waals surface area (Å²) >= 11 is 0. The van der Waals surface area contributed by atoms with Gasteiger partial charge in [0.2, 0.25) is 0 Å². The number of benzene rings is 1. The second-order valence-electron chi connectivity index (χ2n) is 15.2. The van der Waals surface area contributed by atoms with Crippen molar-refractivity contribution in [1.82, 2.24) is 0 Å². The molecule has 3 aliphatic carbocycles. The van der Waals surface area contributed by atoms with E-state index in [0.717, 1.165) is 43.5 Å². The van der Waals surface area contributed by atoms with Crippen molar-refractivity contribution < 1.29 is 28.4 Å². The van der Waals surface area contributed by atoms with Crippen LogP contribution >= 0.6 is 0 Å².